The third-order valence-electron chi connectivity index (χ3n) is 19.1. The van der Waals surface area contributed by atoms with Gasteiger partial charge in [0.15, 0.2) is 0 Å². The molecule has 0 saturated carbocycles. The molecule has 0 unspecified atom stereocenters. The van der Waals surface area contributed by atoms with Gasteiger partial charge in [0.1, 0.15) is 0 Å². The van der Waals surface area contributed by atoms with E-state index in [1.165, 1.54) is 166 Å². The highest BCUT2D eigenvalue weighted by Gasteiger charge is 2.18. The normalized spacial score (nSPS) is 11.3. The summed E-state index contributed by atoms with van der Waals surface area (Å²) >= 11 is 0. The Morgan fingerprint density at radius 1 is 0.167 bits per heavy atom. The molecule has 3 aromatic heterocycles. The lowest BCUT2D eigenvalue weighted by atomic mass is 9.92. The molecular formula is C93H69N3. The average Bonchev–Trinajstić information content (AvgIpc) is 1.61. The fourth-order valence-electron chi connectivity index (χ4n) is 14.4. The number of hydrogen-bond donors (Lipinski definition) is 0. The van der Waals surface area contributed by atoms with Crippen LogP contribution in [-0.4, -0.2) is 13.7 Å². The number of para-hydroxylation sites is 6. The highest BCUT2D eigenvalue weighted by Crippen LogP contribution is 2.41. The highest BCUT2D eigenvalue weighted by atomic mass is 15.0. The van der Waals surface area contributed by atoms with Crippen molar-refractivity contribution in [2.75, 3.05) is 0 Å². The van der Waals surface area contributed by atoms with Crippen molar-refractivity contribution < 1.29 is 0 Å². The zero-order chi connectivity index (χ0) is 64.5. The van der Waals surface area contributed by atoms with E-state index in [2.05, 4.69) is 398 Å². The van der Waals surface area contributed by atoms with Crippen LogP contribution in [-0.2, 0) is 0 Å². The Bertz CT molecular complexity index is 5800. The summed E-state index contributed by atoms with van der Waals surface area (Å²) in [5.41, 5.74) is 30.0. The third-order valence-corrected chi connectivity index (χ3v) is 19.1. The van der Waals surface area contributed by atoms with E-state index >= 15 is 0 Å². The molecule has 0 amide bonds. The summed E-state index contributed by atoms with van der Waals surface area (Å²) in [5.74, 6) is 0. The molecule has 0 spiro atoms. The Morgan fingerprint density at radius 2 is 0.458 bits per heavy atom. The first-order chi connectivity index (χ1) is 47.4. The van der Waals surface area contributed by atoms with Crippen LogP contribution in [0.3, 0.4) is 0 Å². The summed E-state index contributed by atoms with van der Waals surface area (Å²) in [6.45, 7) is 6.59. The van der Waals surface area contributed by atoms with Crippen LogP contribution in [0.4, 0.5) is 0 Å². The van der Waals surface area contributed by atoms with Crippen LogP contribution in [0.25, 0.3) is 149 Å². The Labute approximate surface area is 561 Å². The van der Waals surface area contributed by atoms with E-state index in [9.17, 15) is 0 Å². The van der Waals surface area contributed by atoms with Crippen molar-refractivity contribution in [3.05, 3.63) is 381 Å². The number of fused-ring (bicyclic) bond motifs is 9. The minimum atomic E-state index is 1.19. The molecule has 3 heterocycles. The summed E-state index contributed by atoms with van der Waals surface area (Å²) in [6, 6.07) is 131. The third kappa shape index (κ3) is 11.0. The van der Waals surface area contributed by atoms with Crippen molar-refractivity contribution in [3.8, 4) is 83.8 Å². The van der Waals surface area contributed by atoms with Crippen molar-refractivity contribution in [2.45, 2.75) is 20.8 Å². The van der Waals surface area contributed by atoms with Crippen LogP contribution in [0.1, 0.15) is 16.7 Å². The van der Waals surface area contributed by atoms with Crippen molar-refractivity contribution >= 4 is 65.4 Å². The number of aromatic nitrogens is 3. The number of benzene rings is 15. The lowest BCUT2D eigenvalue weighted by Gasteiger charge is -2.13. The number of aryl methyl sites for hydroxylation is 2. The molecular weight excluding hydrogens is 1160 g/mol. The first-order valence-electron chi connectivity index (χ1n) is 33.1. The Kier molecular flexibility index (Phi) is 15.7. The van der Waals surface area contributed by atoms with Gasteiger partial charge in [0.2, 0.25) is 0 Å². The molecule has 96 heavy (non-hydrogen) atoms. The lowest BCUT2D eigenvalue weighted by molar-refractivity contribution is 1.18. The molecule has 0 aliphatic rings. The smallest absolute Gasteiger partial charge is 0.0541 e. The minimum Gasteiger partial charge on any atom is -0.309 e. The standard InChI is InChI=1S/3C31H23N/c1-22-26(23-11-4-2-5-12-23)16-10-17-27(22)24-19-20-31-29(21-24)28-15-8-9-18-30(28)32(31)25-13-6-3-7-14-25;1-22-16-17-24(20-28(22)23-10-4-2-5-11-23)25-18-19-31-29(21-25)27-14-8-9-15-30(27)32(31)26-12-6-3-7-13-26;1-22-10-5-6-15-27(22)25-12-9-11-23(20-25)24-18-19-31-29(21-24)28-16-7-8-17-30(28)32(31)26-13-3-2-4-14-26/h3*2-21H,1H3. The van der Waals surface area contributed by atoms with E-state index in [0.29, 0.717) is 0 Å². The van der Waals surface area contributed by atoms with Gasteiger partial charge in [0, 0.05) is 49.4 Å². The predicted molar refractivity (Wildman–Crippen MR) is 409 cm³/mol. The molecule has 15 aromatic carbocycles. The second-order valence-electron chi connectivity index (χ2n) is 24.9. The first-order valence-corrected chi connectivity index (χ1v) is 33.1. The largest absolute Gasteiger partial charge is 0.309 e. The molecule has 3 heteroatoms. The van der Waals surface area contributed by atoms with Gasteiger partial charge < -0.3 is 13.7 Å². The Hall–Kier alpha value is -12.3. The van der Waals surface area contributed by atoms with Gasteiger partial charge in [-0.25, -0.2) is 0 Å². The average molecular weight is 1230 g/mol. The lowest BCUT2D eigenvalue weighted by Crippen LogP contribution is -1.93. The minimum absolute atomic E-state index is 1.19. The molecule has 3 nitrogen and oxygen atoms in total. The van der Waals surface area contributed by atoms with Crippen LogP contribution in [0.15, 0.2) is 364 Å². The Morgan fingerprint density at radius 3 is 0.938 bits per heavy atom. The van der Waals surface area contributed by atoms with E-state index < -0.39 is 0 Å². The SMILES string of the molecule is Cc1c(-c2ccccc2)cccc1-c1ccc2c(c1)c1ccccc1n2-c1ccccc1.Cc1ccc(-c2ccc3c(c2)c2ccccc2n3-c2ccccc2)cc1-c1ccccc1.Cc1ccccc1-c1cccc(-c2ccc3c(c2)c2ccccc2n3-c2ccccc2)c1. The fraction of sp³-hybridized carbons (Fsp3) is 0.0323. The molecule has 456 valence electrons. The van der Waals surface area contributed by atoms with Crippen LogP contribution in [0, 0.1) is 20.8 Å². The topological polar surface area (TPSA) is 14.8 Å². The molecule has 0 aliphatic heterocycles. The number of rotatable bonds is 9. The summed E-state index contributed by atoms with van der Waals surface area (Å²) in [4.78, 5) is 0. The van der Waals surface area contributed by atoms with Gasteiger partial charge in [-0.1, -0.05) is 261 Å². The van der Waals surface area contributed by atoms with E-state index in [0.717, 1.165) is 0 Å². The van der Waals surface area contributed by atoms with Gasteiger partial charge >= 0.3 is 0 Å². The summed E-state index contributed by atoms with van der Waals surface area (Å²) in [7, 11) is 0. The fourth-order valence-corrected chi connectivity index (χ4v) is 14.4. The molecule has 18 aromatic rings. The van der Waals surface area contributed by atoms with Crippen LogP contribution in [0.2, 0.25) is 0 Å². The summed E-state index contributed by atoms with van der Waals surface area (Å²) in [6.07, 6.45) is 0. The maximum Gasteiger partial charge on any atom is 0.0541 e. The van der Waals surface area contributed by atoms with Crippen molar-refractivity contribution in [2.24, 2.45) is 0 Å². The van der Waals surface area contributed by atoms with Crippen molar-refractivity contribution in [1.29, 1.82) is 0 Å². The van der Waals surface area contributed by atoms with Gasteiger partial charge in [0.25, 0.3) is 0 Å². The molecule has 0 fully saturated rings. The molecule has 0 saturated heterocycles. The van der Waals surface area contributed by atoms with Crippen LogP contribution < -0.4 is 0 Å². The summed E-state index contributed by atoms with van der Waals surface area (Å²) in [5, 5.41) is 7.69. The first kappa shape index (κ1) is 58.8. The van der Waals surface area contributed by atoms with Crippen molar-refractivity contribution in [3.63, 3.8) is 0 Å². The maximum absolute atomic E-state index is 2.36. The van der Waals surface area contributed by atoms with Gasteiger partial charge in [0.05, 0.1) is 33.1 Å². The second-order valence-corrected chi connectivity index (χ2v) is 24.9. The maximum atomic E-state index is 2.36. The highest BCUT2D eigenvalue weighted by molar-refractivity contribution is 6.13. The Balaban J connectivity index is 0.000000113. The molecule has 0 atom stereocenters. The van der Waals surface area contributed by atoms with Crippen LogP contribution >= 0.6 is 0 Å². The van der Waals surface area contributed by atoms with Gasteiger partial charge in [-0.3, -0.25) is 0 Å². The van der Waals surface area contributed by atoms with Gasteiger partial charge in [-0.05, 0) is 207 Å². The molecule has 0 N–H and O–H groups in total. The quantitative estimate of drug-likeness (QED) is 0.137. The zero-order valence-corrected chi connectivity index (χ0v) is 54.0. The molecule has 0 aliphatic carbocycles. The van der Waals surface area contributed by atoms with Crippen molar-refractivity contribution in [1.82, 2.24) is 13.7 Å². The summed E-state index contributed by atoms with van der Waals surface area (Å²) < 4.78 is 7.08. The molecule has 0 radical (unpaired) electrons. The monoisotopic (exact) mass is 1230 g/mol. The number of nitrogens with zero attached hydrogens (tertiary/aromatic N) is 3. The van der Waals surface area contributed by atoms with Gasteiger partial charge in [-0.2, -0.15) is 0 Å². The van der Waals surface area contributed by atoms with Gasteiger partial charge in [-0.15, -0.1) is 0 Å². The van der Waals surface area contributed by atoms with E-state index in [-0.39, 0.29) is 0 Å². The van der Waals surface area contributed by atoms with E-state index in [4.69, 9.17) is 0 Å². The van der Waals surface area contributed by atoms with E-state index in [1.54, 1.807) is 0 Å². The van der Waals surface area contributed by atoms with E-state index in [1.807, 2.05) is 0 Å². The molecule has 18 rings (SSSR count). The van der Waals surface area contributed by atoms with Crippen LogP contribution in [0.5, 0.6) is 0 Å². The zero-order valence-electron chi connectivity index (χ0n) is 54.0. The predicted octanol–water partition coefficient (Wildman–Crippen LogP) is 25.3. The number of hydrogen-bond acceptors (Lipinski definition) is 0. The molecule has 0 bridgehead atoms. The second kappa shape index (κ2) is 25.7.